The van der Waals surface area contributed by atoms with Gasteiger partial charge in [-0.25, -0.2) is 22.6 Å². The third-order valence-corrected chi connectivity index (χ3v) is 5.88. The van der Waals surface area contributed by atoms with Crippen molar-refractivity contribution in [3.05, 3.63) is 64.6 Å². The molecule has 0 aliphatic rings. The first-order chi connectivity index (χ1) is 13.6. The van der Waals surface area contributed by atoms with Crippen molar-refractivity contribution in [1.82, 2.24) is 24.6 Å². The van der Waals surface area contributed by atoms with E-state index in [1.807, 2.05) is 32.0 Å². The first kappa shape index (κ1) is 20.9. The second-order valence-corrected chi connectivity index (χ2v) is 9.10. The van der Waals surface area contributed by atoms with Gasteiger partial charge in [0.05, 0.1) is 22.7 Å². The van der Waals surface area contributed by atoms with Gasteiger partial charge >= 0.3 is 0 Å². The van der Waals surface area contributed by atoms with Gasteiger partial charge < -0.3 is 5.32 Å². The average Bonchev–Trinajstić information content (AvgIpc) is 3.01. The number of carbonyl (C=O) groups is 1. The normalized spacial score (nSPS) is 11.9. The van der Waals surface area contributed by atoms with Gasteiger partial charge in [0.15, 0.2) is 5.65 Å². The largest absolute Gasteiger partial charge is 0.348 e. The maximum atomic E-state index is 12.6. The van der Waals surface area contributed by atoms with Crippen LogP contribution >= 0.6 is 0 Å². The predicted molar refractivity (Wildman–Crippen MR) is 111 cm³/mol. The molecule has 0 saturated carbocycles. The number of hydrogen-bond donors (Lipinski definition) is 2. The molecule has 0 aliphatic heterocycles. The monoisotopic (exact) mass is 415 g/mol. The van der Waals surface area contributed by atoms with Gasteiger partial charge in [0.1, 0.15) is 0 Å². The number of amides is 1. The summed E-state index contributed by atoms with van der Waals surface area (Å²) in [6.45, 7) is 7.60. The van der Waals surface area contributed by atoms with Crippen LogP contribution in [0.2, 0.25) is 0 Å². The molecule has 2 N–H and O–H groups in total. The van der Waals surface area contributed by atoms with Gasteiger partial charge in [-0.05, 0) is 38.8 Å². The fraction of sp³-hybridized carbons (Fsp3) is 0.350. The van der Waals surface area contributed by atoms with Gasteiger partial charge in [-0.3, -0.25) is 4.79 Å². The van der Waals surface area contributed by atoms with Crippen LogP contribution in [-0.4, -0.2) is 35.0 Å². The van der Waals surface area contributed by atoms with Crippen molar-refractivity contribution in [2.24, 2.45) is 0 Å². The lowest BCUT2D eigenvalue weighted by molar-refractivity contribution is 0.0949. The fourth-order valence-electron chi connectivity index (χ4n) is 3.04. The number of rotatable bonds is 7. The average molecular weight is 416 g/mol. The number of benzene rings is 1. The number of fused-ring (bicyclic) bond motifs is 1. The van der Waals surface area contributed by atoms with Crippen molar-refractivity contribution in [2.45, 2.75) is 46.0 Å². The van der Waals surface area contributed by atoms with Crippen LogP contribution in [-0.2, 0) is 22.3 Å². The molecule has 0 unspecified atom stereocenters. The number of carbonyl (C=O) groups excluding carboxylic acids is 1. The Morgan fingerprint density at radius 1 is 1.14 bits per heavy atom. The lowest BCUT2D eigenvalue weighted by atomic mass is 10.1. The highest BCUT2D eigenvalue weighted by Gasteiger charge is 2.15. The second kappa shape index (κ2) is 8.30. The van der Waals surface area contributed by atoms with E-state index in [4.69, 9.17) is 0 Å². The molecule has 0 radical (unpaired) electrons. The Kier molecular flexibility index (Phi) is 5.99. The Morgan fingerprint density at radius 3 is 2.45 bits per heavy atom. The third-order valence-electron chi connectivity index (χ3n) is 4.34. The van der Waals surface area contributed by atoms with E-state index in [1.54, 1.807) is 36.7 Å². The number of nitrogens with zero attached hydrogens (tertiary/aromatic N) is 3. The Labute approximate surface area is 170 Å². The molecule has 8 nitrogen and oxygen atoms in total. The van der Waals surface area contributed by atoms with Gasteiger partial charge in [0.25, 0.3) is 5.91 Å². The standard InChI is InChI=1S/C20H25N5O3S/c1-13(2)24-29(27,28)12-17-7-5-16(6-8-17)10-22-20(26)18-11-21-19-9-14(3)23-25(19)15(18)4/h5-9,11,13,24H,10,12H2,1-4H3,(H,22,26). The molecule has 1 aromatic carbocycles. The minimum Gasteiger partial charge on any atom is -0.348 e. The summed E-state index contributed by atoms with van der Waals surface area (Å²) in [5.74, 6) is -0.316. The summed E-state index contributed by atoms with van der Waals surface area (Å²) in [6.07, 6.45) is 1.55. The van der Waals surface area contributed by atoms with Crippen molar-refractivity contribution in [2.75, 3.05) is 0 Å². The number of hydrogen-bond acceptors (Lipinski definition) is 5. The van der Waals surface area contributed by atoms with E-state index in [2.05, 4.69) is 20.1 Å². The fourth-order valence-corrected chi connectivity index (χ4v) is 4.47. The molecule has 9 heteroatoms. The van der Waals surface area contributed by atoms with Crippen LogP contribution in [0.5, 0.6) is 0 Å². The molecular weight excluding hydrogens is 390 g/mol. The van der Waals surface area contributed by atoms with E-state index in [9.17, 15) is 13.2 Å². The summed E-state index contributed by atoms with van der Waals surface area (Å²) in [5, 5.41) is 7.22. The van der Waals surface area contributed by atoms with Crippen LogP contribution in [0.4, 0.5) is 0 Å². The highest BCUT2D eigenvalue weighted by Crippen LogP contribution is 2.12. The molecule has 154 valence electrons. The number of sulfonamides is 1. The molecule has 0 atom stereocenters. The van der Waals surface area contributed by atoms with Crippen molar-refractivity contribution in [3.8, 4) is 0 Å². The second-order valence-electron chi connectivity index (χ2n) is 7.34. The first-order valence-corrected chi connectivity index (χ1v) is 11.0. The van der Waals surface area contributed by atoms with Crippen molar-refractivity contribution in [1.29, 1.82) is 0 Å². The number of aryl methyl sites for hydroxylation is 2. The number of aromatic nitrogens is 3. The summed E-state index contributed by atoms with van der Waals surface area (Å²) >= 11 is 0. The van der Waals surface area contributed by atoms with E-state index in [-0.39, 0.29) is 17.7 Å². The number of nitrogens with one attached hydrogen (secondary N) is 2. The smallest absolute Gasteiger partial charge is 0.254 e. The SMILES string of the molecule is Cc1cc2ncc(C(=O)NCc3ccc(CS(=O)(=O)NC(C)C)cc3)c(C)n2n1. The topological polar surface area (TPSA) is 105 Å². The van der Waals surface area contributed by atoms with Gasteiger partial charge in [-0.2, -0.15) is 5.10 Å². The predicted octanol–water partition coefficient (Wildman–Crippen LogP) is 2.10. The van der Waals surface area contributed by atoms with Crippen LogP contribution in [0.15, 0.2) is 36.5 Å². The van der Waals surface area contributed by atoms with Crippen LogP contribution in [0.1, 0.15) is 46.7 Å². The zero-order valence-corrected chi connectivity index (χ0v) is 17.7. The highest BCUT2D eigenvalue weighted by molar-refractivity contribution is 7.88. The Bertz CT molecular complexity index is 1130. The minimum absolute atomic E-state index is 0.0774. The van der Waals surface area contributed by atoms with Crippen LogP contribution < -0.4 is 10.0 Å². The zero-order chi connectivity index (χ0) is 21.2. The molecule has 0 spiro atoms. The van der Waals surface area contributed by atoms with Crippen LogP contribution in [0.25, 0.3) is 5.65 Å². The summed E-state index contributed by atoms with van der Waals surface area (Å²) in [7, 11) is -3.36. The molecule has 2 aromatic heterocycles. The van der Waals surface area contributed by atoms with Crippen molar-refractivity contribution < 1.29 is 13.2 Å². The molecule has 0 bridgehead atoms. The van der Waals surface area contributed by atoms with E-state index in [0.29, 0.717) is 23.3 Å². The van der Waals surface area contributed by atoms with E-state index in [1.165, 1.54) is 0 Å². The van der Waals surface area contributed by atoms with Gasteiger partial charge in [0, 0.05) is 24.8 Å². The molecule has 1 amide bonds. The molecule has 0 fully saturated rings. The first-order valence-electron chi connectivity index (χ1n) is 9.32. The van der Waals surface area contributed by atoms with Gasteiger partial charge in [-0.1, -0.05) is 24.3 Å². The zero-order valence-electron chi connectivity index (χ0n) is 16.9. The van der Waals surface area contributed by atoms with Crippen LogP contribution in [0.3, 0.4) is 0 Å². The van der Waals surface area contributed by atoms with E-state index in [0.717, 1.165) is 17.0 Å². The van der Waals surface area contributed by atoms with Gasteiger partial charge in [-0.15, -0.1) is 0 Å². The maximum absolute atomic E-state index is 12.6. The van der Waals surface area contributed by atoms with Gasteiger partial charge in [0.2, 0.25) is 10.0 Å². The summed E-state index contributed by atoms with van der Waals surface area (Å²) in [4.78, 5) is 16.8. The Morgan fingerprint density at radius 2 is 1.79 bits per heavy atom. The molecule has 3 aromatic rings. The molecular formula is C20H25N5O3S. The third kappa shape index (κ3) is 5.18. The summed E-state index contributed by atoms with van der Waals surface area (Å²) < 4.78 is 28.2. The highest BCUT2D eigenvalue weighted by atomic mass is 32.2. The molecule has 3 rings (SSSR count). The molecule has 0 aliphatic carbocycles. The Balaban J connectivity index is 1.64. The van der Waals surface area contributed by atoms with Crippen molar-refractivity contribution >= 4 is 21.6 Å². The molecule has 2 heterocycles. The minimum atomic E-state index is -3.36. The molecule has 0 saturated heterocycles. The summed E-state index contributed by atoms with van der Waals surface area (Å²) in [6, 6.07) is 8.85. The van der Waals surface area contributed by atoms with Crippen LogP contribution in [0, 0.1) is 13.8 Å². The van der Waals surface area contributed by atoms with Crippen molar-refractivity contribution in [3.63, 3.8) is 0 Å². The summed E-state index contributed by atoms with van der Waals surface area (Å²) in [5.41, 5.74) is 4.28. The lowest BCUT2D eigenvalue weighted by Gasteiger charge is -2.11. The maximum Gasteiger partial charge on any atom is 0.254 e. The Hall–Kier alpha value is -2.78. The van der Waals surface area contributed by atoms with E-state index >= 15 is 0 Å². The quantitative estimate of drug-likeness (QED) is 0.615. The molecule has 29 heavy (non-hydrogen) atoms. The van der Waals surface area contributed by atoms with E-state index < -0.39 is 10.0 Å². The lowest BCUT2D eigenvalue weighted by Crippen LogP contribution is -2.31.